The molecule has 3 rings (SSSR count). The molecule has 0 saturated carbocycles. The van der Waals surface area contributed by atoms with Gasteiger partial charge in [0.05, 0.1) is 6.04 Å². The highest BCUT2D eigenvalue weighted by Gasteiger charge is 2.58. The van der Waals surface area contributed by atoms with Crippen LogP contribution >= 0.6 is 0 Å². The van der Waals surface area contributed by atoms with E-state index in [9.17, 15) is 4.79 Å². The van der Waals surface area contributed by atoms with Crippen molar-refractivity contribution in [1.82, 2.24) is 4.90 Å². The van der Waals surface area contributed by atoms with Crippen molar-refractivity contribution in [3.05, 3.63) is 30.3 Å². The SMILES string of the molecule is C[C@@H]1CN2C(=O)[C@@H](Oc3ccccc3)[C@H]2C(C)(C)C1. The number of nitrogens with zero attached hydrogens (tertiary/aromatic N) is 1. The molecule has 0 aromatic heterocycles. The topological polar surface area (TPSA) is 29.5 Å². The van der Waals surface area contributed by atoms with E-state index in [0.717, 1.165) is 18.7 Å². The molecule has 19 heavy (non-hydrogen) atoms. The van der Waals surface area contributed by atoms with Gasteiger partial charge in [0.1, 0.15) is 5.75 Å². The van der Waals surface area contributed by atoms with Crippen LogP contribution in [0.2, 0.25) is 0 Å². The number of amides is 1. The first-order chi connectivity index (χ1) is 8.99. The summed E-state index contributed by atoms with van der Waals surface area (Å²) >= 11 is 0. The van der Waals surface area contributed by atoms with Gasteiger partial charge in [-0.2, -0.15) is 0 Å². The molecule has 1 aromatic rings. The maximum Gasteiger partial charge on any atom is 0.266 e. The Labute approximate surface area is 114 Å². The largest absolute Gasteiger partial charge is 0.478 e. The number of carbonyl (C=O) groups is 1. The van der Waals surface area contributed by atoms with E-state index in [0.29, 0.717) is 5.92 Å². The summed E-state index contributed by atoms with van der Waals surface area (Å²) in [6, 6.07) is 9.86. The number of para-hydroxylation sites is 1. The molecule has 0 spiro atoms. The van der Waals surface area contributed by atoms with E-state index in [1.54, 1.807) is 0 Å². The van der Waals surface area contributed by atoms with Crippen molar-refractivity contribution in [3.8, 4) is 5.75 Å². The molecule has 102 valence electrons. The van der Waals surface area contributed by atoms with Crippen molar-refractivity contribution in [2.45, 2.75) is 39.3 Å². The number of piperidine rings is 1. The number of carbonyl (C=O) groups excluding carboxylic acids is 1. The van der Waals surface area contributed by atoms with E-state index in [4.69, 9.17) is 4.74 Å². The number of rotatable bonds is 2. The smallest absolute Gasteiger partial charge is 0.266 e. The first-order valence-corrected chi connectivity index (χ1v) is 7.01. The molecule has 1 aromatic carbocycles. The minimum Gasteiger partial charge on any atom is -0.478 e. The lowest BCUT2D eigenvalue weighted by Crippen LogP contribution is -2.74. The van der Waals surface area contributed by atoms with Gasteiger partial charge in [0.25, 0.3) is 5.91 Å². The Balaban J connectivity index is 1.79. The van der Waals surface area contributed by atoms with Crippen molar-refractivity contribution in [1.29, 1.82) is 0 Å². The molecule has 2 aliphatic rings. The summed E-state index contributed by atoms with van der Waals surface area (Å²) in [6.45, 7) is 7.58. The number of hydrogen-bond acceptors (Lipinski definition) is 2. The summed E-state index contributed by atoms with van der Waals surface area (Å²) in [7, 11) is 0. The summed E-state index contributed by atoms with van der Waals surface area (Å²) in [4.78, 5) is 14.2. The number of hydrogen-bond donors (Lipinski definition) is 0. The predicted octanol–water partition coefficient (Wildman–Crippen LogP) is 2.71. The zero-order valence-corrected chi connectivity index (χ0v) is 11.8. The van der Waals surface area contributed by atoms with Crippen LogP contribution in [-0.2, 0) is 4.79 Å². The summed E-state index contributed by atoms with van der Waals surface area (Å²) in [5.74, 6) is 1.51. The van der Waals surface area contributed by atoms with Gasteiger partial charge in [0.2, 0.25) is 0 Å². The number of β-lactam (4-membered cyclic amide) rings is 1. The number of fused-ring (bicyclic) bond motifs is 1. The monoisotopic (exact) mass is 259 g/mol. The Hall–Kier alpha value is -1.51. The average Bonchev–Trinajstić information content (AvgIpc) is 2.36. The van der Waals surface area contributed by atoms with Crippen LogP contribution in [0.5, 0.6) is 5.75 Å². The Morgan fingerprint density at radius 3 is 2.63 bits per heavy atom. The molecule has 3 atom stereocenters. The molecule has 3 nitrogen and oxygen atoms in total. The van der Waals surface area contributed by atoms with Crippen molar-refractivity contribution < 1.29 is 9.53 Å². The van der Waals surface area contributed by atoms with Gasteiger partial charge in [0.15, 0.2) is 6.10 Å². The maximum absolute atomic E-state index is 12.2. The molecule has 2 saturated heterocycles. The molecule has 0 N–H and O–H groups in total. The molecule has 3 heteroatoms. The minimum absolute atomic E-state index is 0.130. The van der Waals surface area contributed by atoms with Crippen molar-refractivity contribution in [2.24, 2.45) is 11.3 Å². The Morgan fingerprint density at radius 1 is 1.26 bits per heavy atom. The van der Waals surface area contributed by atoms with Gasteiger partial charge >= 0.3 is 0 Å². The lowest BCUT2D eigenvalue weighted by Gasteiger charge is -2.58. The van der Waals surface area contributed by atoms with E-state index in [1.165, 1.54) is 0 Å². The van der Waals surface area contributed by atoms with E-state index < -0.39 is 0 Å². The molecule has 2 fully saturated rings. The van der Waals surface area contributed by atoms with Crippen LogP contribution in [0.25, 0.3) is 0 Å². The van der Waals surface area contributed by atoms with Gasteiger partial charge in [0, 0.05) is 6.54 Å². The van der Waals surface area contributed by atoms with E-state index in [1.807, 2.05) is 35.2 Å². The van der Waals surface area contributed by atoms with Gasteiger partial charge in [-0.05, 0) is 29.9 Å². The minimum atomic E-state index is -0.301. The molecule has 1 amide bonds. The van der Waals surface area contributed by atoms with Gasteiger partial charge < -0.3 is 9.64 Å². The van der Waals surface area contributed by atoms with Crippen molar-refractivity contribution in [3.63, 3.8) is 0 Å². The molecule has 0 unspecified atom stereocenters. The first-order valence-electron chi connectivity index (χ1n) is 7.01. The number of benzene rings is 1. The fourth-order valence-electron chi connectivity index (χ4n) is 3.73. The lowest BCUT2D eigenvalue weighted by molar-refractivity contribution is -0.183. The second kappa shape index (κ2) is 4.26. The molecular weight excluding hydrogens is 238 g/mol. The van der Waals surface area contributed by atoms with Gasteiger partial charge in [-0.3, -0.25) is 4.79 Å². The zero-order chi connectivity index (χ0) is 13.6. The van der Waals surface area contributed by atoms with Crippen LogP contribution in [0.4, 0.5) is 0 Å². The van der Waals surface area contributed by atoms with Crippen LogP contribution in [0.3, 0.4) is 0 Å². The molecule has 2 heterocycles. The van der Waals surface area contributed by atoms with Crippen LogP contribution in [0, 0.1) is 11.3 Å². The zero-order valence-electron chi connectivity index (χ0n) is 11.8. The highest BCUT2D eigenvalue weighted by molar-refractivity contribution is 5.89. The fourth-order valence-corrected chi connectivity index (χ4v) is 3.73. The van der Waals surface area contributed by atoms with Crippen molar-refractivity contribution in [2.75, 3.05) is 6.54 Å². The highest BCUT2D eigenvalue weighted by Crippen LogP contribution is 2.45. The summed E-state index contributed by atoms with van der Waals surface area (Å²) in [6.07, 6.45) is 0.848. The molecule has 0 aliphatic carbocycles. The molecule has 2 aliphatic heterocycles. The molecule has 0 bridgehead atoms. The Kier molecular flexibility index (Phi) is 2.80. The lowest BCUT2D eigenvalue weighted by atomic mass is 9.67. The van der Waals surface area contributed by atoms with Gasteiger partial charge in [-0.15, -0.1) is 0 Å². The summed E-state index contributed by atoms with van der Waals surface area (Å²) in [5.41, 5.74) is 0.130. The van der Waals surface area contributed by atoms with Crippen LogP contribution < -0.4 is 4.74 Å². The summed E-state index contributed by atoms with van der Waals surface area (Å²) in [5, 5.41) is 0. The third kappa shape index (κ3) is 2.01. The maximum atomic E-state index is 12.2. The fraction of sp³-hybridized carbons (Fsp3) is 0.562. The second-order valence-electron chi connectivity index (χ2n) is 6.58. The van der Waals surface area contributed by atoms with Crippen LogP contribution in [-0.4, -0.2) is 29.5 Å². The number of ether oxygens (including phenoxy) is 1. The third-order valence-electron chi connectivity index (χ3n) is 4.34. The predicted molar refractivity (Wildman–Crippen MR) is 73.9 cm³/mol. The van der Waals surface area contributed by atoms with Gasteiger partial charge in [-0.25, -0.2) is 0 Å². The Bertz CT molecular complexity index is 483. The standard InChI is InChI=1S/C16H21NO2/c1-11-9-16(2,3)14-13(15(18)17(14)10-11)19-12-7-5-4-6-8-12/h4-8,11,13-14H,9-10H2,1-3H3/t11-,13-,14-/m0/s1. The first kappa shape index (κ1) is 12.5. The normalized spacial score (nSPS) is 32.5. The van der Waals surface area contributed by atoms with Crippen LogP contribution in [0.1, 0.15) is 27.2 Å². The van der Waals surface area contributed by atoms with Crippen molar-refractivity contribution >= 4 is 5.91 Å². The third-order valence-corrected chi connectivity index (χ3v) is 4.34. The van der Waals surface area contributed by atoms with Gasteiger partial charge in [-0.1, -0.05) is 39.0 Å². The van der Waals surface area contributed by atoms with E-state index >= 15 is 0 Å². The van der Waals surface area contributed by atoms with E-state index in [-0.39, 0.29) is 23.5 Å². The Morgan fingerprint density at radius 2 is 1.95 bits per heavy atom. The highest BCUT2D eigenvalue weighted by atomic mass is 16.5. The van der Waals surface area contributed by atoms with Crippen LogP contribution in [0.15, 0.2) is 30.3 Å². The summed E-state index contributed by atoms with van der Waals surface area (Å²) < 4.78 is 5.91. The average molecular weight is 259 g/mol. The quantitative estimate of drug-likeness (QED) is 0.764. The van der Waals surface area contributed by atoms with E-state index in [2.05, 4.69) is 20.8 Å². The molecular formula is C16H21NO2. The second-order valence-corrected chi connectivity index (χ2v) is 6.58. The molecule has 0 radical (unpaired) electrons.